The molecular formula is C71H118O6. The number of carbonyl (C=O) groups is 3. The summed E-state index contributed by atoms with van der Waals surface area (Å²) in [5, 5.41) is 0. The zero-order valence-electron chi connectivity index (χ0n) is 50.2. The number of esters is 3. The van der Waals surface area contributed by atoms with Crippen molar-refractivity contribution in [2.75, 3.05) is 13.2 Å². The predicted octanol–water partition coefficient (Wildman–Crippen LogP) is 22.0. The van der Waals surface area contributed by atoms with E-state index in [4.69, 9.17) is 14.2 Å². The number of unbranched alkanes of at least 4 members (excludes halogenated alkanes) is 26. The van der Waals surface area contributed by atoms with Crippen LogP contribution in [0.15, 0.2) is 122 Å². The largest absolute Gasteiger partial charge is 0.462 e. The van der Waals surface area contributed by atoms with E-state index in [0.717, 1.165) is 135 Å². The van der Waals surface area contributed by atoms with Gasteiger partial charge >= 0.3 is 17.9 Å². The molecule has 0 saturated heterocycles. The Kier molecular flexibility index (Phi) is 60.8. The number of ether oxygens (including phenoxy) is 3. The predicted molar refractivity (Wildman–Crippen MR) is 334 cm³/mol. The van der Waals surface area contributed by atoms with Crippen LogP contribution in [0.1, 0.15) is 290 Å². The fourth-order valence-corrected chi connectivity index (χ4v) is 8.67. The van der Waals surface area contributed by atoms with Gasteiger partial charge in [-0.15, -0.1) is 0 Å². The van der Waals surface area contributed by atoms with Crippen LogP contribution in [0.2, 0.25) is 0 Å². The smallest absolute Gasteiger partial charge is 0.306 e. The van der Waals surface area contributed by atoms with Crippen LogP contribution in [0, 0.1) is 0 Å². The normalized spacial score (nSPS) is 12.9. The first-order valence-electron chi connectivity index (χ1n) is 32.0. The van der Waals surface area contributed by atoms with Crippen LogP contribution in [0.25, 0.3) is 0 Å². The third-order valence-corrected chi connectivity index (χ3v) is 13.5. The Labute approximate surface area is 475 Å². The van der Waals surface area contributed by atoms with Gasteiger partial charge in [0.1, 0.15) is 13.2 Å². The Hall–Kier alpha value is -4.19. The SMILES string of the molecule is CC/C=C\C/C=C\C/C=C\C/C=C\C/C=C\C/C=C\C/C=C\CCCCCCCCCC(=O)OCC(COC(=O)CCCCCCCCCCC)OC(=O)CCCCCCCC/C=C\C/C=C\C/C=C\CCCCCCC. The van der Waals surface area contributed by atoms with Crippen LogP contribution in [0.3, 0.4) is 0 Å². The van der Waals surface area contributed by atoms with E-state index >= 15 is 0 Å². The van der Waals surface area contributed by atoms with Gasteiger partial charge in [-0.3, -0.25) is 14.4 Å². The van der Waals surface area contributed by atoms with Crippen molar-refractivity contribution in [3.63, 3.8) is 0 Å². The molecule has 0 spiro atoms. The Morgan fingerprint density at radius 3 is 0.792 bits per heavy atom. The summed E-state index contributed by atoms with van der Waals surface area (Å²) >= 11 is 0. The number of allylic oxidation sites excluding steroid dienone is 20. The monoisotopic (exact) mass is 1070 g/mol. The van der Waals surface area contributed by atoms with Gasteiger partial charge in [-0.2, -0.15) is 0 Å². The Morgan fingerprint density at radius 1 is 0.273 bits per heavy atom. The standard InChI is InChI=1S/C71H118O6/c1-4-7-10-13-16-19-21-23-25-27-29-31-32-33-34-35-36-37-38-40-41-43-45-47-49-52-55-58-61-64-70(73)76-67-68(66-75-69(72)63-60-57-54-51-18-15-12-9-6-3)77-71(74)65-62-59-56-53-50-48-46-44-42-39-30-28-26-24-22-20-17-14-11-8-5-2/h7,10,16,19,22-25,28-31,33-34,36-37,40-42,44,68H,4-6,8-9,11-15,17-18,20-21,26-27,32,35,38-39,43,45-67H2,1-3H3/b10-7-,19-16-,24-22-,25-23-,30-28-,31-29-,34-33-,37-36-,41-40-,44-42-. The summed E-state index contributed by atoms with van der Waals surface area (Å²) < 4.78 is 16.9. The quantitative estimate of drug-likeness (QED) is 0.0261. The third-order valence-electron chi connectivity index (χ3n) is 13.5. The topological polar surface area (TPSA) is 78.9 Å². The minimum absolute atomic E-state index is 0.0874. The molecule has 1 unspecified atom stereocenters. The van der Waals surface area contributed by atoms with Crippen LogP contribution in [0.5, 0.6) is 0 Å². The first kappa shape index (κ1) is 72.8. The summed E-state index contributed by atoms with van der Waals surface area (Å²) in [5.74, 6) is -0.911. The molecule has 0 saturated carbocycles. The highest BCUT2D eigenvalue weighted by atomic mass is 16.6. The van der Waals surface area contributed by atoms with Crippen molar-refractivity contribution in [1.82, 2.24) is 0 Å². The van der Waals surface area contributed by atoms with E-state index in [0.29, 0.717) is 19.3 Å². The number of rotatable bonds is 57. The van der Waals surface area contributed by atoms with E-state index < -0.39 is 6.10 Å². The van der Waals surface area contributed by atoms with Crippen molar-refractivity contribution in [3.05, 3.63) is 122 Å². The third kappa shape index (κ3) is 62.5. The molecular weight excluding hydrogens is 949 g/mol. The lowest BCUT2D eigenvalue weighted by Gasteiger charge is -2.18. The number of hydrogen-bond donors (Lipinski definition) is 0. The maximum absolute atomic E-state index is 12.9. The maximum atomic E-state index is 12.9. The Balaban J connectivity index is 4.29. The highest BCUT2D eigenvalue weighted by Gasteiger charge is 2.19. The molecule has 0 aliphatic rings. The second-order valence-electron chi connectivity index (χ2n) is 20.9. The molecule has 0 rings (SSSR count). The molecule has 0 aliphatic heterocycles. The maximum Gasteiger partial charge on any atom is 0.306 e. The summed E-state index contributed by atoms with van der Waals surface area (Å²) in [7, 11) is 0. The van der Waals surface area contributed by atoms with E-state index in [1.54, 1.807) is 0 Å². The molecule has 0 heterocycles. The lowest BCUT2D eigenvalue weighted by atomic mass is 10.1. The molecule has 0 radical (unpaired) electrons. The van der Waals surface area contributed by atoms with Crippen molar-refractivity contribution >= 4 is 17.9 Å². The van der Waals surface area contributed by atoms with E-state index in [1.165, 1.54) is 116 Å². The summed E-state index contributed by atoms with van der Waals surface area (Å²) in [4.78, 5) is 38.2. The summed E-state index contributed by atoms with van der Waals surface area (Å²) in [5.41, 5.74) is 0. The lowest BCUT2D eigenvalue weighted by Crippen LogP contribution is -2.30. The second-order valence-corrected chi connectivity index (χ2v) is 20.9. The van der Waals surface area contributed by atoms with Gasteiger partial charge < -0.3 is 14.2 Å². The van der Waals surface area contributed by atoms with Crippen molar-refractivity contribution in [3.8, 4) is 0 Å². The number of hydrogen-bond acceptors (Lipinski definition) is 6. The first-order chi connectivity index (χ1) is 38.0. The van der Waals surface area contributed by atoms with Gasteiger partial charge in [-0.1, -0.05) is 277 Å². The van der Waals surface area contributed by atoms with Gasteiger partial charge in [0.2, 0.25) is 0 Å². The van der Waals surface area contributed by atoms with Gasteiger partial charge in [0.15, 0.2) is 6.10 Å². The molecule has 77 heavy (non-hydrogen) atoms. The van der Waals surface area contributed by atoms with E-state index in [2.05, 4.69) is 142 Å². The van der Waals surface area contributed by atoms with E-state index in [-0.39, 0.29) is 31.1 Å². The zero-order chi connectivity index (χ0) is 55.7. The molecule has 6 heteroatoms. The van der Waals surface area contributed by atoms with E-state index in [9.17, 15) is 14.4 Å². The van der Waals surface area contributed by atoms with Crippen LogP contribution in [0.4, 0.5) is 0 Å². The fourth-order valence-electron chi connectivity index (χ4n) is 8.67. The van der Waals surface area contributed by atoms with Crippen LogP contribution >= 0.6 is 0 Å². The number of carbonyl (C=O) groups excluding carboxylic acids is 3. The van der Waals surface area contributed by atoms with E-state index in [1.807, 2.05) is 0 Å². The molecule has 6 nitrogen and oxygen atoms in total. The first-order valence-corrected chi connectivity index (χ1v) is 32.0. The van der Waals surface area contributed by atoms with Crippen LogP contribution < -0.4 is 0 Å². The van der Waals surface area contributed by atoms with Gasteiger partial charge in [-0.05, 0) is 116 Å². The fraction of sp³-hybridized carbons (Fsp3) is 0.676. The lowest BCUT2D eigenvalue weighted by molar-refractivity contribution is -0.167. The van der Waals surface area contributed by atoms with Crippen molar-refractivity contribution in [1.29, 1.82) is 0 Å². The molecule has 0 fully saturated rings. The molecule has 0 N–H and O–H groups in total. The zero-order valence-corrected chi connectivity index (χ0v) is 50.2. The molecule has 0 bridgehead atoms. The highest BCUT2D eigenvalue weighted by Crippen LogP contribution is 2.15. The average molecular weight is 1070 g/mol. The van der Waals surface area contributed by atoms with Crippen molar-refractivity contribution in [2.24, 2.45) is 0 Å². The summed E-state index contributed by atoms with van der Waals surface area (Å²) in [6.45, 7) is 6.48. The van der Waals surface area contributed by atoms with Gasteiger partial charge in [0.05, 0.1) is 0 Å². The van der Waals surface area contributed by atoms with Crippen molar-refractivity contribution in [2.45, 2.75) is 297 Å². The molecule has 0 aromatic rings. The molecule has 0 aromatic heterocycles. The van der Waals surface area contributed by atoms with Crippen LogP contribution in [-0.4, -0.2) is 37.2 Å². The summed E-state index contributed by atoms with van der Waals surface area (Å²) in [6, 6.07) is 0. The molecule has 0 amide bonds. The molecule has 1 atom stereocenters. The average Bonchev–Trinajstić information content (AvgIpc) is 3.43. The van der Waals surface area contributed by atoms with Gasteiger partial charge in [-0.25, -0.2) is 0 Å². The molecule has 438 valence electrons. The van der Waals surface area contributed by atoms with Gasteiger partial charge in [0.25, 0.3) is 0 Å². The molecule has 0 aliphatic carbocycles. The summed E-state index contributed by atoms with van der Waals surface area (Å²) in [6.07, 6.45) is 89.2. The van der Waals surface area contributed by atoms with Crippen LogP contribution in [-0.2, 0) is 28.6 Å². The van der Waals surface area contributed by atoms with Crippen molar-refractivity contribution < 1.29 is 28.6 Å². The minimum atomic E-state index is -0.791. The Bertz CT molecular complexity index is 1600. The second kappa shape index (κ2) is 64.3. The Morgan fingerprint density at radius 2 is 0.506 bits per heavy atom. The highest BCUT2D eigenvalue weighted by molar-refractivity contribution is 5.71. The molecule has 0 aromatic carbocycles. The minimum Gasteiger partial charge on any atom is -0.462 e. The van der Waals surface area contributed by atoms with Gasteiger partial charge in [0, 0.05) is 19.3 Å².